The van der Waals surface area contributed by atoms with Gasteiger partial charge in [-0.1, -0.05) is 28.7 Å². The molecule has 1 fully saturated rings. The molecule has 0 unspecified atom stereocenters. The first-order chi connectivity index (χ1) is 14.1. The summed E-state index contributed by atoms with van der Waals surface area (Å²) >= 11 is 3.16. The normalized spacial score (nSPS) is 15.9. The molecular formula is C20H22N6OS2. The van der Waals surface area contributed by atoms with Crippen molar-refractivity contribution < 1.29 is 5.11 Å². The maximum Gasteiger partial charge on any atom is 0.188 e. The number of anilines is 1. The number of hydrogen-bond donors (Lipinski definition) is 2. The van der Waals surface area contributed by atoms with Crippen LogP contribution in [0.2, 0.25) is 0 Å². The van der Waals surface area contributed by atoms with E-state index in [2.05, 4.69) is 34.1 Å². The summed E-state index contributed by atoms with van der Waals surface area (Å²) in [7, 11) is 4.32. The van der Waals surface area contributed by atoms with Gasteiger partial charge in [-0.25, -0.2) is 9.97 Å². The number of thiazole rings is 2. The number of aromatic amines is 1. The molecule has 9 heteroatoms. The molecule has 0 atom stereocenters. The topological polar surface area (TPSA) is 81.2 Å². The van der Waals surface area contributed by atoms with Crippen LogP contribution in [0.5, 0.6) is 5.75 Å². The fourth-order valence-electron chi connectivity index (χ4n) is 3.74. The second-order valence-electron chi connectivity index (χ2n) is 7.49. The number of H-pyrrole nitrogens is 1. The molecule has 29 heavy (non-hydrogen) atoms. The highest BCUT2D eigenvalue weighted by Gasteiger charge is 2.24. The molecule has 0 amide bonds. The summed E-state index contributed by atoms with van der Waals surface area (Å²) in [5.74, 6) is 0.216. The molecule has 5 rings (SSSR count). The van der Waals surface area contributed by atoms with E-state index in [1.807, 2.05) is 12.1 Å². The number of hydrogen-bond acceptors (Lipinski definition) is 8. The minimum atomic E-state index is 0.216. The van der Waals surface area contributed by atoms with Gasteiger partial charge in [0, 0.05) is 24.8 Å². The molecule has 7 nitrogen and oxygen atoms in total. The average Bonchev–Trinajstić information content (AvgIpc) is 3.44. The quantitative estimate of drug-likeness (QED) is 0.512. The summed E-state index contributed by atoms with van der Waals surface area (Å²) in [6.07, 6.45) is 5.87. The first-order valence-corrected chi connectivity index (χ1v) is 11.2. The predicted molar refractivity (Wildman–Crippen MR) is 119 cm³/mol. The van der Waals surface area contributed by atoms with Gasteiger partial charge >= 0.3 is 0 Å². The number of phenols is 1. The van der Waals surface area contributed by atoms with Crippen LogP contribution >= 0.6 is 22.7 Å². The summed E-state index contributed by atoms with van der Waals surface area (Å²) in [4.78, 5) is 16.1. The number of phenolic OH excluding ortho intramolecular Hbond substituents is 1. The largest absolute Gasteiger partial charge is 0.507 e. The van der Waals surface area contributed by atoms with Crippen LogP contribution in [0.3, 0.4) is 0 Å². The Labute approximate surface area is 176 Å². The van der Waals surface area contributed by atoms with Crippen molar-refractivity contribution in [1.82, 2.24) is 25.1 Å². The zero-order valence-electron chi connectivity index (χ0n) is 16.3. The number of nitrogens with one attached hydrogen (secondary N) is 1. The molecule has 3 aromatic heterocycles. The molecule has 0 bridgehead atoms. The zero-order chi connectivity index (χ0) is 20.0. The van der Waals surface area contributed by atoms with Gasteiger partial charge in [0.25, 0.3) is 0 Å². The van der Waals surface area contributed by atoms with Crippen molar-refractivity contribution in [3.8, 4) is 27.4 Å². The Hall–Kier alpha value is -2.49. The second kappa shape index (κ2) is 7.40. The molecule has 2 N–H and O–H groups in total. The first-order valence-electron chi connectivity index (χ1n) is 9.60. The summed E-state index contributed by atoms with van der Waals surface area (Å²) in [5, 5.41) is 19.1. The summed E-state index contributed by atoms with van der Waals surface area (Å²) in [6.45, 7) is 2.26. The molecule has 1 aliphatic rings. The van der Waals surface area contributed by atoms with E-state index in [0.29, 0.717) is 6.04 Å². The number of piperidine rings is 1. The molecule has 4 aromatic rings. The molecule has 0 aliphatic carbocycles. The van der Waals surface area contributed by atoms with Crippen LogP contribution in [0, 0.1) is 0 Å². The van der Waals surface area contributed by atoms with Gasteiger partial charge in [-0.05, 0) is 50.7 Å². The van der Waals surface area contributed by atoms with E-state index in [4.69, 9.17) is 9.97 Å². The smallest absolute Gasteiger partial charge is 0.188 e. The van der Waals surface area contributed by atoms with Crippen molar-refractivity contribution >= 4 is 37.5 Å². The third-order valence-corrected chi connectivity index (χ3v) is 7.71. The van der Waals surface area contributed by atoms with Crippen LogP contribution in [0.25, 0.3) is 31.4 Å². The van der Waals surface area contributed by atoms with Gasteiger partial charge in [0.15, 0.2) is 14.8 Å². The van der Waals surface area contributed by atoms with E-state index < -0.39 is 0 Å². The van der Waals surface area contributed by atoms with Crippen LogP contribution in [-0.2, 0) is 0 Å². The van der Waals surface area contributed by atoms with E-state index in [0.717, 1.165) is 62.4 Å². The van der Waals surface area contributed by atoms with Gasteiger partial charge in [-0.15, -0.1) is 0 Å². The van der Waals surface area contributed by atoms with Crippen molar-refractivity contribution in [3.63, 3.8) is 0 Å². The Morgan fingerprint density at radius 1 is 1.14 bits per heavy atom. The van der Waals surface area contributed by atoms with Crippen LogP contribution in [0.1, 0.15) is 12.8 Å². The molecule has 4 heterocycles. The molecule has 0 saturated carbocycles. The van der Waals surface area contributed by atoms with Gasteiger partial charge in [0.1, 0.15) is 10.8 Å². The van der Waals surface area contributed by atoms with Crippen molar-refractivity contribution in [2.45, 2.75) is 18.9 Å². The van der Waals surface area contributed by atoms with Gasteiger partial charge in [-0.2, -0.15) is 5.10 Å². The number of benzene rings is 1. The lowest BCUT2D eigenvalue weighted by Gasteiger charge is -2.34. The number of rotatable bonds is 4. The van der Waals surface area contributed by atoms with E-state index in [9.17, 15) is 5.11 Å². The Morgan fingerprint density at radius 3 is 2.62 bits per heavy atom. The number of aromatic nitrogens is 4. The Morgan fingerprint density at radius 2 is 1.93 bits per heavy atom. The lowest BCUT2D eigenvalue weighted by atomic mass is 10.0. The molecule has 1 aromatic carbocycles. The number of aromatic hydroxyl groups is 1. The Kier molecular flexibility index (Phi) is 4.73. The zero-order valence-corrected chi connectivity index (χ0v) is 17.9. The van der Waals surface area contributed by atoms with Gasteiger partial charge in [-0.3, -0.25) is 5.10 Å². The third kappa shape index (κ3) is 3.50. The second-order valence-corrected chi connectivity index (χ2v) is 9.42. The van der Waals surface area contributed by atoms with E-state index in [1.165, 1.54) is 11.3 Å². The molecule has 0 radical (unpaired) electrons. The molecule has 1 aliphatic heterocycles. The first kappa shape index (κ1) is 18.5. The SMILES string of the molecule is CN1CCC(N(C)c2nc3sc(-c4ccc(-c5cn[nH]c5)cc4O)nc3s2)CC1. The summed E-state index contributed by atoms with van der Waals surface area (Å²) in [5.41, 5.74) is 2.59. The fraction of sp³-hybridized carbons (Fsp3) is 0.350. The van der Waals surface area contributed by atoms with E-state index in [1.54, 1.807) is 29.8 Å². The monoisotopic (exact) mass is 426 g/mol. The van der Waals surface area contributed by atoms with Gasteiger partial charge < -0.3 is 14.9 Å². The fourth-order valence-corrected chi connectivity index (χ4v) is 5.84. The van der Waals surface area contributed by atoms with Gasteiger partial charge in [0.05, 0.1) is 11.8 Å². The predicted octanol–water partition coefficient (Wildman–Crippen LogP) is 4.05. The highest BCUT2D eigenvalue weighted by atomic mass is 32.1. The van der Waals surface area contributed by atoms with Crippen molar-refractivity contribution in [3.05, 3.63) is 30.6 Å². The van der Waals surface area contributed by atoms with Crippen LogP contribution in [0.4, 0.5) is 5.13 Å². The molecule has 1 saturated heterocycles. The third-order valence-electron chi connectivity index (χ3n) is 5.56. The highest BCUT2D eigenvalue weighted by Crippen LogP contribution is 2.40. The number of likely N-dealkylation sites (tertiary alicyclic amines) is 1. The summed E-state index contributed by atoms with van der Waals surface area (Å²) in [6, 6.07) is 6.17. The van der Waals surface area contributed by atoms with Crippen LogP contribution < -0.4 is 4.90 Å². The highest BCUT2D eigenvalue weighted by molar-refractivity contribution is 7.29. The van der Waals surface area contributed by atoms with Crippen molar-refractivity contribution in [1.29, 1.82) is 0 Å². The lowest BCUT2D eigenvalue weighted by molar-refractivity contribution is 0.253. The van der Waals surface area contributed by atoms with Gasteiger partial charge in [0.2, 0.25) is 0 Å². The average molecular weight is 427 g/mol. The maximum absolute atomic E-state index is 10.5. The van der Waals surface area contributed by atoms with Crippen LogP contribution in [-0.4, -0.2) is 63.4 Å². The Bertz CT molecular complexity index is 1100. The number of fused-ring (bicyclic) bond motifs is 1. The standard InChI is InChI=1S/C20H22N6OS2/c1-25-7-5-14(6-8-25)26(2)20-24-19-18(29-20)23-17(28-19)15-4-3-12(9-16(15)27)13-10-21-22-11-13/h3-4,9-11,14,27H,5-8H2,1-2H3,(H,21,22). The summed E-state index contributed by atoms with van der Waals surface area (Å²) < 4.78 is 0. The lowest BCUT2D eigenvalue weighted by Crippen LogP contribution is -2.41. The van der Waals surface area contributed by atoms with Crippen molar-refractivity contribution in [2.75, 3.05) is 32.1 Å². The van der Waals surface area contributed by atoms with E-state index in [-0.39, 0.29) is 5.75 Å². The van der Waals surface area contributed by atoms with Crippen LogP contribution in [0.15, 0.2) is 30.6 Å². The maximum atomic E-state index is 10.5. The van der Waals surface area contributed by atoms with E-state index >= 15 is 0 Å². The number of nitrogens with zero attached hydrogens (tertiary/aromatic N) is 5. The minimum absolute atomic E-state index is 0.216. The van der Waals surface area contributed by atoms with Crippen molar-refractivity contribution in [2.24, 2.45) is 0 Å². The molecule has 0 spiro atoms. The minimum Gasteiger partial charge on any atom is -0.507 e. The molecular weight excluding hydrogens is 404 g/mol. The molecule has 150 valence electrons. The Balaban J connectivity index is 1.39.